The van der Waals surface area contributed by atoms with E-state index in [9.17, 15) is 8.42 Å². The fourth-order valence-electron chi connectivity index (χ4n) is 3.01. The highest BCUT2D eigenvalue weighted by atomic mass is 32.2. The number of aryl methyl sites for hydroxylation is 1. The maximum atomic E-state index is 11.4. The highest BCUT2D eigenvalue weighted by molar-refractivity contribution is 7.86. The van der Waals surface area contributed by atoms with Crippen LogP contribution in [-0.4, -0.2) is 43.2 Å². The summed E-state index contributed by atoms with van der Waals surface area (Å²) in [6, 6.07) is 5.33. The Morgan fingerprint density at radius 3 is 2.83 bits per heavy atom. The molecule has 0 saturated heterocycles. The van der Waals surface area contributed by atoms with Gasteiger partial charge in [0.15, 0.2) is 0 Å². The summed E-state index contributed by atoms with van der Waals surface area (Å²) in [6.07, 6.45) is 3.31. The third-order valence-corrected chi connectivity index (χ3v) is 4.64. The average molecular weight is 351 g/mol. The van der Waals surface area contributed by atoms with Gasteiger partial charge in [-0.2, -0.15) is 8.42 Å². The smallest absolute Gasteiger partial charge is 0.306 e. The first kappa shape index (κ1) is 16.9. The Labute approximate surface area is 141 Å². The van der Waals surface area contributed by atoms with Crippen molar-refractivity contribution in [1.29, 1.82) is 0 Å². The molecule has 2 aromatic rings. The van der Waals surface area contributed by atoms with Crippen LogP contribution in [0.4, 0.5) is 0 Å². The second-order valence-electron chi connectivity index (χ2n) is 5.93. The monoisotopic (exact) mass is 351 g/mol. The van der Waals surface area contributed by atoms with Crippen molar-refractivity contribution in [1.82, 2.24) is 14.9 Å². The van der Waals surface area contributed by atoms with Gasteiger partial charge in [0.2, 0.25) is 0 Å². The van der Waals surface area contributed by atoms with Crippen LogP contribution in [0.3, 0.4) is 0 Å². The fraction of sp³-hybridized carbons (Fsp3) is 0.438. The number of aromatic amines is 1. The van der Waals surface area contributed by atoms with E-state index in [0.717, 1.165) is 41.7 Å². The van der Waals surface area contributed by atoms with E-state index in [0.29, 0.717) is 12.3 Å². The van der Waals surface area contributed by atoms with Crippen molar-refractivity contribution in [3.05, 3.63) is 47.0 Å². The van der Waals surface area contributed by atoms with Gasteiger partial charge in [0.05, 0.1) is 18.3 Å². The van der Waals surface area contributed by atoms with Crippen LogP contribution < -0.4 is 4.18 Å². The average Bonchev–Trinajstić information content (AvgIpc) is 2.90. The number of imidazole rings is 1. The van der Waals surface area contributed by atoms with Crippen LogP contribution in [-0.2, 0) is 27.8 Å². The van der Waals surface area contributed by atoms with Crippen LogP contribution in [0.25, 0.3) is 0 Å². The largest absolute Gasteiger partial charge is 0.383 e. The summed E-state index contributed by atoms with van der Waals surface area (Å²) in [4.78, 5) is 9.60. The fourth-order valence-corrected chi connectivity index (χ4v) is 3.47. The maximum Gasteiger partial charge on any atom is 0.306 e. The summed E-state index contributed by atoms with van der Waals surface area (Å²) in [5.41, 5.74) is 4.07. The number of nitrogens with one attached hydrogen (secondary N) is 1. The number of hydrogen-bond acceptors (Lipinski definition) is 6. The summed E-state index contributed by atoms with van der Waals surface area (Å²) >= 11 is 0. The van der Waals surface area contributed by atoms with Crippen LogP contribution >= 0.6 is 0 Å². The van der Waals surface area contributed by atoms with Crippen molar-refractivity contribution in [2.75, 3.05) is 19.9 Å². The molecule has 0 amide bonds. The number of benzene rings is 1. The molecule has 0 saturated carbocycles. The summed E-state index contributed by atoms with van der Waals surface area (Å²) in [6.45, 7) is 3.48. The topological polar surface area (TPSA) is 84.5 Å². The van der Waals surface area contributed by atoms with Gasteiger partial charge in [0.1, 0.15) is 12.0 Å². The second kappa shape index (κ2) is 6.54. The number of aromatic nitrogens is 2. The summed E-state index contributed by atoms with van der Waals surface area (Å²) < 4.78 is 33.4. The molecule has 1 aliphatic heterocycles. The van der Waals surface area contributed by atoms with Gasteiger partial charge < -0.3 is 13.9 Å². The zero-order valence-corrected chi connectivity index (χ0v) is 14.8. The Kier molecular flexibility index (Phi) is 4.62. The molecule has 3 rings (SSSR count). The van der Waals surface area contributed by atoms with E-state index in [1.165, 1.54) is 0 Å². The number of fused-ring (bicyclic) bond motifs is 1. The van der Waals surface area contributed by atoms with Crippen molar-refractivity contribution < 1.29 is 17.3 Å². The predicted octanol–water partition coefficient (Wildman–Crippen LogP) is 1.76. The molecular formula is C16H21N3O4S. The lowest BCUT2D eigenvalue weighted by atomic mass is 9.97. The standard InChI is InChI=1S/C16H21N3O4S/c1-11-15(18-10-17-11)9-19-7-6-12-4-5-13(23-24(3,20)21)8-14(12)16(19)22-2/h4-5,8,10,16H,6-7,9H2,1-3H3,(H,17,18). The molecule has 1 atom stereocenters. The lowest BCUT2D eigenvalue weighted by Gasteiger charge is -2.36. The van der Waals surface area contributed by atoms with E-state index in [4.69, 9.17) is 8.92 Å². The summed E-state index contributed by atoms with van der Waals surface area (Å²) in [5.74, 6) is 0.302. The first-order valence-electron chi connectivity index (χ1n) is 7.65. The molecule has 2 heterocycles. The predicted molar refractivity (Wildman–Crippen MR) is 89.1 cm³/mol. The van der Waals surface area contributed by atoms with Gasteiger partial charge in [0, 0.05) is 31.5 Å². The number of hydrogen-bond donors (Lipinski definition) is 1. The Balaban J connectivity index is 1.89. The molecule has 1 aromatic heterocycles. The molecule has 0 radical (unpaired) electrons. The van der Waals surface area contributed by atoms with Gasteiger partial charge in [-0.05, 0) is 31.0 Å². The van der Waals surface area contributed by atoms with Crippen LogP contribution in [0, 0.1) is 6.92 Å². The van der Waals surface area contributed by atoms with Gasteiger partial charge in [-0.25, -0.2) is 4.98 Å². The van der Waals surface area contributed by atoms with Gasteiger partial charge in [0.25, 0.3) is 0 Å². The zero-order valence-electron chi connectivity index (χ0n) is 13.9. The van der Waals surface area contributed by atoms with Crippen molar-refractivity contribution in [3.8, 4) is 5.75 Å². The molecule has 1 aromatic carbocycles. The van der Waals surface area contributed by atoms with E-state index in [1.807, 2.05) is 13.0 Å². The molecule has 8 heteroatoms. The lowest BCUT2D eigenvalue weighted by Crippen LogP contribution is -2.36. The highest BCUT2D eigenvalue weighted by Crippen LogP contribution is 2.34. The van der Waals surface area contributed by atoms with E-state index in [1.54, 1.807) is 25.6 Å². The number of H-pyrrole nitrogens is 1. The molecule has 0 bridgehead atoms. The van der Waals surface area contributed by atoms with Crippen LogP contribution in [0.2, 0.25) is 0 Å². The molecule has 0 aliphatic carbocycles. The first-order valence-corrected chi connectivity index (χ1v) is 9.47. The summed E-state index contributed by atoms with van der Waals surface area (Å²) in [5, 5.41) is 0. The Hall–Kier alpha value is -1.90. The van der Waals surface area contributed by atoms with Crippen molar-refractivity contribution in [2.45, 2.75) is 26.1 Å². The molecule has 1 N–H and O–H groups in total. The Morgan fingerprint density at radius 2 is 2.21 bits per heavy atom. The number of rotatable bonds is 5. The van der Waals surface area contributed by atoms with Gasteiger partial charge >= 0.3 is 10.1 Å². The van der Waals surface area contributed by atoms with Crippen LogP contribution in [0.15, 0.2) is 24.5 Å². The maximum absolute atomic E-state index is 11.4. The Morgan fingerprint density at radius 1 is 1.42 bits per heavy atom. The Bertz CT molecular complexity index is 832. The van der Waals surface area contributed by atoms with Gasteiger partial charge in [-0.1, -0.05) is 6.07 Å². The zero-order chi connectivity index (χ0) is 17.3. The lowest BCUT2D eigenvalue weighted by molar-refractivity contribution is -0.0475. The van der Waals surface area contributed by atoms with Gasteiger partial charge in [-0.15, -0.1) is 0 Å². The number of nitrogens with zero attached hydrogens (tertiary/aromatic N) is 2. The van der Waals surface area contributed by atoms with E-state index < -0.39 is 10.1 Å². The van der Waals surface area contributed by atoms with Gasteiger partial charge in [-0.3, -0.25) is 4.90 Å². The van der Waals surface area contributed by atoms with Crippen LogP contribution in [0.5, 0.6) is 5.75 Å². The second-order valence-corrected chi connectivity index (χ2v) is 7.51. The normalized spacial score (nSPS) is 18.4. The van der Waals surface area contributed by atoms with E-state index >= 15 is 0 Å². The van der Waals surface area contributed by atoms with E-state index in [-0.39, 0.29) is 6.23 Å². The minimum Gasteiger partial charge on any atom is -0.383 e. The summed E-state index contributed by atoms with van der Waals surface area (Å²) in [7, 11) is -1.91. The van der Waals surface area contributed by atoms with Crippen LogP contribution in [0.1, 0.15) is 28.7 Å². The SMILES string of the molecule is COC1c2cc(OS(C)(=O)=O)ccc2CCN1Cc1nc[nH]c1C. The molecule has 0 fully saturated rings. The number of ether oxygens (including phenoxy) is 1. The molecule has 24 heavy (non-hydrogen) atoms. The highest BCUT2D eigenvalue weighted by Gasteiger charge is 2.28. The van der Waals surface area contributed by atoms with E-state index in [2.05, 4.69) is 14.9 Å². The van der Waals surface area contributed by atoms with Crippen molar-refractivity contribution in [3.63, 3.8) is 0 Å². The van der Waals surface area contributed by atoms with Crippen molar-refractivity contribution in [2.24, 2.45) is 0 Å². The molecule has 130 valence electrons. The molecule has 0 spiro atoms. The molecular weight excluding hydrogens is 330 g/mol. The molecule has 1 aliphatic rings. The third kappa shape index (κ3) is 3.61. The molecule has 7 nitrogen and oxygen atoms in total. The minimum atomic E-state index is -3.56. The van der Waals surface area contributed by atoms with Crippen molar-refractivity contribution >= 4 is 10.1 Å². The quantitative estimate of drug-likeness (QED) is 0.827. The number of methoxy groups -OCH3 is 1. The minimum absolute atomic E-state index is 0.270. The third-order valence-electron chi connectivity index (χ3n) is 4.14. The first-order chi connectivity index (χ1) is 11.4. The molecule has 1 unspecified atom stereocenters.